The summed E-state index contributed by atoms with van der Waals surface area (Å²) in [5.41, 5.74) is 0. The Labute approximate surface area is 108 Å². The minimum absolute atomic E-state index is 0.759. The van der Waals surface area contributed by atoms with Crippen LogP contribution in [0.4, 0.5) is 0 Å². The molecule has 1 rings (SSSR count). The molecule has 0 aromatic heterocycles. The molecule has 0 aliphatic carbocycles. The fourth-order valence-electron chi connectivity index (χ4n) is 3.20. The van der Waals surface area contributed by atoms with Crippen molar-refractivity contribution in [2.24, 2.45) is 0 Å². The molecule has 3 unspecified atom stereocenters. The van der Waals surface area contributed by atoms with E-state index >= 15 is 0 Å². The van der Waals surface area contributed by atoms with Crippen LogP contribution in [0.15, 0.2) is 0 Å². The Kier molecular flexibility index (Phi) is 7.14. The van der Waals surface area contributed by atoms with Gasteiger partial charge in [-0.25, -0.2) is 0 Å². The van der Waals surface area contributed by atoms with Crippen LogP contribution in [0, 0.1) is 0 Å². The Bertz CT molecular complexity index is 193. The molecule has 0 spiro atoms. The summed E-state index contributed by atoms with van der Waals surface area (Å²) in [7, 11) is 0. The fraction of sp³-hybridized carbons (Fsp3) is 1.00. The Hall–Kier alpha value is -0.0800. The normalized spacial score (nSPS) is 28.2. The first-order valence-corrected chi connectivity index (χ1v) is 7.71. The molecule has 17 heavy (non-hydrogen) atoms. The minimum atomic E-state index is 0.759. The van der Waals surface area contributed by atoms with E-state index in [1.165, 1.54) is 51.6 Å². The summed E-state index contributed by atoms with van der Waals surface area (Å²) < 4.78 is 0. The van der Waals surface area contributed by atoms with E-state index in [4.69, 9.17) is 0 Å². The second-order valence-electron chi connectivity index (χ2n) is 5.61. The zero-order valence-corrected chi connectivity index (χ0v) is 12.3. The van der Waals surface area contributed by atoms with Gasteiger partial charge in [-0.3, -0.25) is 4.90 Å². The van der Waals surface area contributed by atoms with Gasteiger partial charge in [0.15, 0.2) is 0 Å². The number of likely N-dealkylation sites (tertiary alicyclic amines) is 1. The van der Waals surface area contributed by atoms with E-state index in [1.54, 1.807) is 0 Å². The molecule has 0 aromatic rings. The van der Waals surface area contributed by atoms with Crippen molar-refractivity contribution in [3.63, 3.8) is 0 Å². The van der Waals surface area contributed by atoms with Crippen LogP contribution in [-0.4, -0.2) is 36.1 Å². The molecule has 0 radical (unpaired) electrons. The van der Waals surface area contributed by atoms with Crippen LogP contribution in [0.2, 0.25) is 0 Å². The molecular formula is C15H32N2. The highest BCUT2D eigenvalue weighted by Crippen LogP contribution is 2.23. The molecule has 102 valence electrons. The zero-order valence-electron chi connectivity index (χ0n) is 12.3. The smallest absolute Gasteiger partial charge is 0.00953 e. The van der Waals surface area contributed by atoms with Crippen LogP contribution in [0.25, 0.3) is 0 Å². The van der Waals surface area contributed by atoms with Gasteiger partial charge in [-0.05, 0) is 45.6 Å². The van der Waals surface area contributed by atoms with Gasteiger partial charge in [-0.15, -0.1) is 0 Å². The van der Waals surface area contributed by atoms with Crippen molar-refractivity contribution in [3.8, 4) is 0 Å². The maximum Gasteiger partial charge on any atom is 0.00953 e. The third-order valence-corrected chi connectivity index (χ3v) is 4.17. The van der Waals surface area contributed by atoms with E-state index in [1.807, 2.05) is 0 Å². The first-order valence-electron chi connectivity index (χ1n) is 7.71. The molecule has 2 nitrogen and oxygen atoms in total. The van der Waals surface area contributed by atoms with Crippen LogP contribution >= 0.6 is 0 Å². The van der Waals surface area contributed by atoms with Crippen molar-refractivity contribution < 1.29 is 0 Å². The second kappa shape index (κ2) is 8.10. The molecule has 3 atom stereocenters. The molecule has 1 heterocycles. The first kappa shape index (κ1) is 15.0. The number of nitrogens with one attached hydrogen (secondary N) is 1. The molecule has 2 heteroatoms. The summed E-state index contributed by atoms with van der Waals surface area (Å²) in [6.07, 6.45) is 7.92. The summed E-state index contributed by atoms with van der Waals surface area (Å²) in [5.74, 6) is 0. The molecule has 0 saturated carbocycles. The molecule has 1 N–H and O–H groups in total. The highest BCUT2D eigenvalue weighted by atomic mass is 15.2. The van der Waals surface area contributed by atoms with E-state index < -0.39 is 0 Å². The molecule has 0 aromatic carbocycles. The number of nitrogens with zero attached hydrogens (tertiary/aromatic N) is 1. The van der Waals surface area contributed by atoms with Gasteiger partial charge in [0.2, 0.25) is 0 Å². The standard InChI is InChI=1S/C15H32N2/c1-5-8-15(7-3)17-11-9-14(12-13(17)4)16-10-6-2/h13-16H,5-12H2,1-4H3. The van der Waals surface area contributed by atoms with Crippen molar-refractivity contribution in [1.29, 1.82) is 0 Å². The van der Waals surface area contributed by atoms with Gasteiger partial charge < -0.3 is 5.32 Å². The lowest BCUT2D eigenvalue weighted by Crippen LogP contribution is -2.51. The summed E-state index contributed by atoms with van der Waals surface area (Å²) in [4.78, 5) is 2.76. The Morgan fingerprint density at radius 3 is 2.53 bits per heavy atom. The predicted molar refractivity (Wildman–Crippen MR) is 76.5 cm³/mol. The second-order valence-corrected chi connectivity index (χ2v) is 5.61. The maximum absolute atomic E-state index is 3.68. The molecule has 1 saturated heterocycles. The quantitative estimate of drug-likeness (QED) is 0.733. The van der Waals surface area contributed by atoms with Crippen molar-refractivity contribution in [3.05, 3.63) is 0 Å². The summed E-state index contributed by atoms with van der Waals surface area (Å²) in [5, 5.41) is 3.68. The van der Waals surface area contributed by atoms with Crippen LogP contribution in [0.1, 0.15) is 66.2 Å². The van der Waals surface area contributed by atoms with E-state index in [-0.39, 0.29) is 0 Å². The van der Waals surface area contributed by atoms with Gasteiger partial charge in [-0.2, -0.15) is 0 Å². The maximum atomic E-state index is 3.68. The fourth-order valence-corrected chi connectivity index (χ4v) is 3.20. The van der Waals surface area contributed by atoms with Gasteiger partial charge in [-0.1, -0.05) is 27.2 Å². The minimum Gasteiger partial charge on any atom is -0.314 e. The van der Waals surface area contributed by atoms with Crippen molar-refractivity contribution >= 4 is 0 Å². The molecule has 1 fully saturated rings. The highest BCUT2D eigenvalue weighted by molar-refractivity contribution is 4.86. The summed E-state index contributed by atoms with van der Waals surface area (Å²) >= 11 is 0. The van der Waals surface area contributed by atoms with Gasteiger partial charge in [0, 0.05) is 24.7 Å². The van der Waals surface area contributed by atoms with Gasteiger partial charge in [0.05, 0.1) is 0 Å². The molecular weight excluding hydrogens is 208 g/mol. The van der Waals surface area contributed by atoms with E-state index in [0.717, 1.165) is 18.1 Å². The Morgan fingerprint density at radius 1 is 1.24 bits per heavy atom. The van der Waals surface area contributed by atoms with E-state index in [2.05, 4.69) is 37.9 Å². The Balaban J connectivity index is 2.40. The first-order chi connectivity index (χ1) is 8.22. The predicted octanol–water partition coefficient (Wildman–Crippen LogP) is 3.42. The van der Waals surface area contributed by atoms with Crippen LogP contribution in [0.3, 0.4) is 0 Å². The number of hydrogen-bond acceptors (Lipinski definition) is 2. The number of rotatable bonds is 7. The lowest BCUT2D eigenvalue weighted by Gasteiger charge is -2.42. The third kappa shape index (κ3) is 4.59. The van der Waals surface area contributed by atoms with Gasteiger partial charge in [0.1, 0.15) is 0 Å². The van der Waals surface area contributed by atoms with Crippen molar-refractivity contribution in [1.82, 2.24) is 10.2 Å². The van der Waals surface area contributed by atoms with Gasteiger partial charge >= 0.3 is 0 Å². The van der Waals surface area contributed by atoms with Crippen LogP contribution in [-0.2, 0) is 0 Å². The molecule has 0 amide bonds. The van der Waals surface area contributed by atoms with Crippen LogP contribution in [0.5, 0.6) is 0 Å². The van der Waals surface area contributed by atoms with Crippen molar-refractivity contribution in [2.75, 3.05) is 13.1 Å². The zero-order chi connectivity index (χ0) is 12.7. The molecule has 1 aliphatic heterocycles. The number of hydrogen-bond donors (Lipinski definition) is 1. The average Bonchev–Trinajstić information content (AvgIpc) is 2.34. The Morgan fingerprint density at radius 2 is 2.00 bits per heavy atom. The lowest BCUT2D eigenvalue weighted by molar-refractivity contribution is 0.0803. The monoisotopic (exact) mass is 240 g/mol. The third-order valence-electron chi connectivity index (χ3n) is 4.17. The summed E-state index contributed by atoms with van der Waals surface area (Å²) in [6.45, 7) is 11.8. The largest absolute Gasteiger partial charge is 0.314 e. The van der Waals surface area contributed by atoms with E-state index in [0.29, 0.717) is 0 Å². The van der Waals surface area contributed by atoms with Crippen LogP contribution < -0.4 is 5.32 Å². The molecule has 0 bridgehead atoms. The average molecular weight is 240 g/mol. The molecule has 1 aliphatic rings. The topological polar surface area (TPSA) is 15.3 Å². The van der Waals surface area contributed by atoms with Crippen molar-refractivity contribution in [2.45, 2.75) is 84.3 Å². The van der Waals surface area contributed by atoms with E-state index in [9.17, 15) is 0 Å². The SMILES string of the molecule is CCCNC1CCN(C(CC)CCC)C(C)C1. The number of piperidine rings is 1. The summed E-state index contributed by atoms with van der Waals surface area (Å²) in [6, 6.07) is 2.34. The highest BCUT2D eigenvalue weighted by Gasteiger charge is 2.28. The van der Waals surface area contributed by atoms with Gasteiger partial charge in [0.25, 0.3) is 0 Å². The lowest BCUT2D eigenvalue weighted by atomic mass is 9.94.